The van der Waals surface area contributed by atoms with Crippen molar-refractivity contribution in [2.45, 2.75) is 18.6 Å². The molecule has 0 spiro atoms. The average molecular weight is 370 g/mol. The van der Waals surface area contributed by atoms with Gasteiger partial charge in [-0.1, -0.05) is 45.7 Å². The summed E-state index contributed by atoms with van der Waals surface area (Å²) in [6.45, 7) is 0.326. The molecule has 2 aromatic carbocycles. The highest BCUT2D eigenvalue weighted by molar-refractivity contribution is 9.10. The molecule has 3 rings (SSSR count). The maximum absolute atomic E-state index is 10.4. The van der Waals surface area contributed by atoms with E-state index in [2.05, 4.69) is 15.9 Å². The summed E-state index contributed by atoms with van der Waals surface area (Å²) in [6.07, 6.45) is -0.667. The summed E-state index contributed by atoms with van der Waals surface area (Å²) in [7, 11) is 0. The second-order valence-corrected chi connectivity index (χ2v) is 6.24. The van der Waals surface area contributed by atoms with Gasteiger partial charge in [-0.25, -0.2) is 0 Å². The Kier molecular flexibility index (Phi) is 4.38. The highest BCUT2D eigenvalue weighted by atomic mass is 79.9. The van der Waals surface area contributed by atoms with Crippen molar-refractivity contribution >= 4 is 27.5 Å². The van der Waals surface area contributed by atoms with E-state index in [9.17, 15) is 5.11 Å². The lowest BCUT2D eigenvalue weighted by atomic mass is 10.0. The Bertz CT molecular complexity index is 647. The van der Waals surface area contributed by atoms with E-state index in [1.54, 1.807) is 0 Å². The number of hydrogen-bond donors (Lipinski definition) is 1. The molecular weight excluding hydrogens is 356 g/mol. The molecule has 2 aromatic rings. The van der Waals surface area contributed by atoms with Gasteiger partial charge in [0.25, 0.3) is 0 Å². The number of ether oxygens (including phenoxy) is 2. The minimum absolute atomic E-state index is 0.326. The third kappa shape index (κ3) is 3.34. The highest BCUT2D eigenvalue weighted by Crippen LogP contribution is 2.32. The largest absolute Gasteiger partial charge is 0.486 e. The van der Waals surface area contributed by atoms with Crippen molar-refractivity contribution in [2.75, 3.05) is 6.61 Å². The molecule has 5 heteroatoms. The number of aliphatic hydroxyl groups is 1. The molecule has 0 amide bonds. The lowest BCUT2D eigenvalue weighted by molar-refractivity contribution is -0.00940. The zero-order chi connectivity index (χ0) is 14.8. The molecule has 0 radical (unpaired) electrons. The van der Waals surface area contributed by atoms with Crippen LogP contribution in [0, 0.1) is 0 Å². The monoisotopic (exact) mass is 368 g/mol. The SMILES string of the molecule is OC(Cc1ccc(Br)cc1Cl)C1COc2ccccc2O1. The smallest absolute Gasteiger partial charge is 0.161 e. The number of rotatable bonds is 3. The molecule has 0 fully saturated rings. The molecule has 2 unspecified atom stereocenters. The van der Waals surface area contributed by atoms with Crippen LogP contribution in [0.4, 0.5) is 0 Å². The Balaban J connectivity index is 1.70. The lowest BCUT2D eigenvalue weighted by Crippen LogP contribution is -2.40. The molecular formula is C16H14BrClO3. The predicted molar refractivity (Wildman–Crippen MR) is 85.2 cm³/mol. The van der Waals surface area contributed by atoms with Gasteiger partial charge in [0.05, 0.1) is 6.10 Å². The second-order valence-electron chi connectivity index (χ2n) is 4.92. The van der Waals surface area contributed by atoms with Gasteiger partial charge in [0, 0.05) is 15.9 Å². The fraction of sp³-hybridized carbons (Fsp3) is 0.250. The number of benzene rings is 2. The van der Waals surface area contributed by atoms with Gasteiger partial charge in [-0.05, 0) is 29.8 Å². The first-order valence-corrected chi connectivity index (χ1v) is 7.81. The number of para-hydroxylation sites is 2. The van der Waals surface area contributed by atoms with Crippen molar-refractivity contribution < 1.29 is 14.6 Å². The normalized spacial score (nSPS) is 18.3. The Hall–Kier alpha value is -1.23. The summed E-state index contributed by atoms with van der Waals surface area (Å²) in [6, 6.07) is 13.1. The molecule has 2 atom stereocenters. The first kappa shape index (κ1) is 14.7. The summed E-state index contributed by atoms with van der Waals surface area (Å²) >= 11 is 9.55. The standard InChI is InChI=1S/C16H14BrClO3/c17-11-6-5-10(12(18)8-11)7-13(19)16-9-20-14-3-1-2-4-15(14)21-16/h1-6,8,13,16,19H,7,9H2. The lowest BCUT2D eigenvalue weighted by Gasteiger charge is -2.29. The zero-order valence-electron chi connectivity index (χ0n) is 11.1. The van der Waals surface area contributed by atoms with Crippen LogP contribution in [-0.2, 0) is 6.42 Å². The van der Waals surface area contributed by atoms with E-state index in [1.165, 1.54) is 0 Å². The maximum atomic E-state index is 10.4. The van der Waals surface area contributed by atoms with Crippen molar-refractivity contribution in [3.8, 4) is 11.5 Å². The minimum Gasteiger partial charge on any atom is -0.486 e. The highest BCUT2D eigenvalue weighted by Gasteiger charge is 2.28. The first-order valence-electron chi connectivity index (χ1n) is 6.64. The van der Waals surface area contributed by atoms with Crippen molar-refractivity contribution in [1.29, 1.82) is 0 Å². The number of halogens is 2. The van der Waals surface area contributed by atoms with Crippen LogP contribution in [0.2, 0.25) is 5.02 Å². The van der Waals surface area contributed by atoms with E-state index in [0.717, 1.165) is 10.0 Å². The molecule has 3 nitrogen and oxygen atoms in total. The van der Waals surface area contributed by atoms with Crippen molar-refractivity contribution in [3.63, 3.8) is 0 Å². The van der Waals surface area contributed by atoms with Crippen LogP contribution in [-0.4, -0.2) is 23.9 Å². The summed E-state index contributed by atoms with van der Waals surface area (Å²) in [4.78, 5) is 0. The Morgan fingerprint density at radius 1 is 1.24 bits per heavy atom. The van der Waals surface area contributed by atoms with E-state index in [-0.39, 0.29) is 0 Å². The molecule has 0 saturated heterocycles. The third-order valence-electron chi connectivity index (χ3n) is 3.40. The predicted octanol–water partition coefficient (Wildman–Crippen LogP) is 3.85. The molecule has 0 bridgehead atoms. The first-order chi connectivity index (χ1) is 10.1. The summed E-state index contributed by atoms with van der Waals surface area (Å²) in [5, 5.41) is 11.0. The van der Waals surface area contributed by atoms with Crippen molar-refractivity contribution in [2.24, 2.45) is 0 Å². The van der Waals surface area contributed by atoms with Gasteiger partial charge in [0.15, 0.2) is 17.6 Å². The third-order valence-corrected chi connectivity index (χ3v) is 4.25. The van der Waals surface area contributed by atoms with Crippen LogP contribution in [0.5, 0.6) is 11.5 Å². The molecule has 1 heterocycles. The van der Waals surface area contributed by atoms with Crippen molar-refractivity contribution in [3.05, 3.63) is 57.5 Å². The Morgan fingerprint density at radius 3 is 2.76 bits per heavy atom. The van der Waals surface area contributed by atoms with E-state index in [4.69, 9.17) is 21.1 Å². The van der Waals surface area contributed by atoms with Crippen LogP contribution in [0.1, 0.15) is 5.56 Å². The number of hydrogen-bond acceptors (Lipinski definition) is 3. The minimum atomic E-state index is -0.683. The molecule has 0 aromatic heterocycles. The second kappa shape index (κ2) is 6.26. The molecule has 1 N–H and O–H groups in total. The van der Waals surface area contributed by atoms with Crippen LogP contribution in [0.15, 0.2) is 46.9 Å². The van der Waals surface area contributed by atoms with Gasteiger partial charge in [0.1, 0.15) is 6.61 Å². The summed E-state index contributed by atoms with van der Waals surface area (Å²) in [5.74, 6) is 1.37. The Morgan fingerprint density at radius 2 is 2.00 bits per heavy atom. The van der Waals surface area contributed by atoms with Crippen LogP contribution < -0.4 is 9.47 Å². The maximum Gasteiger partial charge on any atom is 0.161 e. The zero-order valence-corrected chi connectivity index (χ0v) is 13.5. The molecule has 0 saturated carbocycles. The van der Waals surface area contributed by atoms with E-state index in [1.807, 2.05) is 42.5 Å². The van der Waals surface area contributed by atoms with Gasteiger partial charge in [-0.15, -0.1) is 0 Å². The fourth-order valence-corrected chi connectivity index (χ4v) is 3.02. The van der Waals surface area contributed by atoms with Crippen LogP contribution in [0.25, 0.3) is 0 Å². The van der Waals surface area contributed by atoms with Gasteiger partial charge < -0.3 is 14.6 Å². The molecule has 1 aliphatic rings. The van der Waals surface area contributed by atoms with Gasteiger partial charge in [-0.2, -0.15) is 0 Å². The van der Waals surface area contributed by atoms with Crippen LogP contribution >= 0.6 is 27.5 Å². The quantitative estimate of drug-likeness (QED) is 0.893. The average Bonchev–Trinajstić information content (AvgIpc) is 2.49. The van der Waals surface area contributed by atoms with E-state index in [0.29, 0.717) is 29.5 Å². The molecule has 110 valence electrons. The molecule has 21 heavy (non-hydrogen) atoms. The van der Waals surface area contributed by atoms with Gasteiger partial charge in [-0.3, -0.25) is 0 Å². The molecule has 1 aliphatic heterocycles. The fourth-order valence-electron chi connectivity index (χ4n) is 2.27. The van der Waals surface area contributed by atoms with Crippen molar-refractivity contribution in [1.82, 2.24) is 0 Å². The summed E-state index contributed by atoms with van der Waals surface area (Å²) < 4.78 is 12.3. The molecule has 0 aliphatic carbocycles. The van der Waals surface area contributed by atoms with E-state index < -0.39 is 12.2 Å². The van der Waals surface area contributed by atoms with Crippen LogP contribution in [0.3, 0.4) is 0 Å². The Labute approximate surface area is 136 Å². The number of aliphatic hydroxyl groups excluding tert-OH is 1. The topological polar surface area (TPSA) is 38.7 Å². The number of fused-ring (bicyclic) bond motifs is 1. The van der Waals surface area contributed by atoms with Gasteiger partial charge in [0.2, 0.25) is 0 Å². The van der Waals surface area contributed by atoms with Gasteiger partial charge >= 0.3 is 0 Å². The summed E-state index contributed by atoms with van der Waals surface area (Å²) in [5.41, 5.74) is 0.884. The van der Waals surface area contributed by atoms with E-state index >= 15 is 0 Å².